The number of hydrogen-bond acceptors (Lipinski definition) is 0. The van der Waals surface area contributed by atoms with E-state index in [2.05, 4.69) is 75.4 Å². The molecule has 0 saturated carbocycles. The number of hydrogen-bond donors (Lipinski definition) is 0. The molecule has 0 saturated heterocycles. The maximum absolute atomic E-state index is 11.3. The van der Waals surface area contributed by atoms with Crippen LogP contribution in [0.15, 0.2) is 60.2 Å². The molecule has 1 aliphatic heterocycles. The summed E-state index contributed by atoms with van der Waals surface area (Å²) in [5, 5.41) is 0. The van der Waals surface area contributed by atoms with Crippen molar-refractivity contribution in [2.45, 2.75) is 85.0 Å². The molecule has 3 rings (SSSR count). The van der Waals surface area contributed by atoms with Gasteiger partial charge in [0.1, 0.15) is 0 Å². The molecule has 2 aromatic rings. The molecule has 0 amide bonds. The molecule has 0 atom stereocenters. The third-order valence-electron chi connectivity index (χ3n) is 6.17. The summed E-state index contributed by atoms with van der Waals surface area (Å²) >= 11 is 0. The molecule has 31 heavy (non-hydrogen) atoms. The van der Waals surface area contributed by atoms with Gasteiger partial charge in [-0.25, -0.2) is 4.70 Å². The zero-order valence-electron chi connectivity index (χ0n) is 19.7. The molecule has 0 fully saturated rings. The third-order valence-corrected chi connectivity index (χ3v) is 6.17. The lowest BCUT2D eigenvalue weighted by atomic mass is 9.99. The van der Waals surface area contributed by atoms with Crippen molar-refractivity contribution in [1.29, 1.82) is 0 Å². The van der Waals surface area contributed by atoms with Gasteiger partial charge in [-0.2, -0.15) is 0 Å². The zero-order chi connectivity index (χ0) is 22.1. The van der Waals surface area contributed by atoms with Gasteiger partial charge in [0.2, 0.25) is 11.4 Å². The van der Waals surface area contributed by atoms with Crippen LogP contribution in [0.5, 0.6) is 0 Å². The first-order valence-electron chi connectivity index (χ1n) is 12.3. The summed E-state index contributed by atoms with van der Waals surface area (Å²) in [5.41, 5.74) is 19.3. The van der Waals surface area contributed by atoms with E-state index in [9.17, 15) is 5.53 Å². The minimum absolute atomic E-state index is 0.900. The van der Waals surface area contributed by atoms with Crippen LogP contribution in [-0.2, 0) is 12.8 Å². The van der Waals surface area contributed by atoms with Crippen LogP contribution in [0.1, 0.15) is 94.4 Å². The molecule has 2 nitrogen and oxygen atoms in total. The van der Waals surface area contributed by atoms with Crippen LogP contribution < -0.4 is 0 Å². The van der Waals surface area contributed by atoms with E-state index in [4.69, 9.17) is 0 Å². The fourth-order valence-electron chi connectivity index (χ4n) is 4.34. The zero-order valence-corrected chi connectivity index (χ0v) is 19.7. The molecule has 0 spiro atoms. The van der Waals surface area contributed by atoms with E-state index >= 15 is 0 Å². The number of benzene rings is 2. The largest absolute Gasteiger partial charge is 0.493 e. The number of nitrogens with zero attached hydrogens (tertiary/aromatic N) is 2. The SMILES string of the molecule is CCCCCc1cccc(C2=CC(CCCC)=C(c3cccc(CCCC)c3)[N+]2=[N-])c1. The van der Waals surface area contributed by atoms with Crippen molar-refractivity contribution in [2.24, 2.45) is 0 Å². The van der Waals surface area contributed by atoms with Crippen molar-refractivity contribution in [3.63, 3.8) is 0 Å². The Morgan fingerprint density at radius 2 is 1.26 bits per heavy atom. The lowest BCUT2D eigenvalue weighted by Gasteiger charge is -2.11. The average molecular weight is 415 g/mol. The quantitative estimate of drug-likeness (QED) is 0.245. The lowest BCUT2D eigenvalue weighted by Crippen LogP contribution is -2.03. The second-order valence-corrected chi connectivity index (χ2v) is 8.78. The Hall–Kier alpha value is -2.48. The standard InChI is InChI=1S/C29H38N2/c1-4-7-10-14-24-15-11-18-25(20-24)28-22-27(17-9-6-3)29(31(28)30)26-19-12-16-23(21-26)13-8-5-2/h11-12,15-16,18-22H,4-10,13-14,17H2,1-3H3. The Morgan fingerprint density at radius 1 is 0.677 bits per heavy atom. The van der Waals surface area contributed by atoms with E-state index in [0.29, 0.717) is 0 Å². The van der Waals surface area contributed by atoms with Gasteiger partial charge in [-0.3, -0.25) is 0 Å². The van der Waals surface area contributed by atoms with Crippen LogP contribution in [0.4, 0.5) is 0 Å². The van der Waals surface area contributed by atoms with Crippen LogP contribution in [0.2, 0.25) is 0 Å². The van der Waals surface area contributed by atoms with Crippen LogP contribution in [0.3, 0.4) is 0 Å². The molecule has 0 aliphatic carbocycles. The molecule has 164 valence electrons. The Balaban J connectivity index is 1.90. The summed E-state index contributed by atoms with van der Waals surface area (Å²) < 4.78 is 1.44. The summed E-state index contributed by atoms with van der Waals surface area (Å²) in [6.07, 6.45) is 13.8. The van der Waals surface area contributed by atoms with Gasteiger partial charge in [0.25, 0.3) is 0 Å². The summed E-state index contributed by atoms with van der Waals surface area (Å²) in [7, 11) is 0. The van der Waals surface area contributed by atoms with E-state index in [1.54, 1.807) is 0 Å². The molecule has 0 unspecified atom stereocenters. The molecule has 1 aliphatic rings. The van der Waals surface area contributed by atoms with Crippen molar-refractivity contribution in [2.75, 3.05) is 0 Å². The van der Waals surface area contributed by atoms with Crippen LogP contribution >= 0.6 is 0 Å². The summed E-state index contributed by atoms with van der Waals surface area (Å²) in [6, 6.07) is 17.4. The Labute approximate surface area is 189 Å². The van der Waals surface area contributed by atoms with Gasteiger partial charge in [0.15, 0.2) is 0 Å². The predicted octanol–water partition coefficient (Wildman–Crippen LogP) is 8.75. The number of allylic oxidation sites excluding steroid dienone is 2. The highest BCUT2D eigenvalue weighted by Gasteiger charge is 2.28. The van der Waals surface area contributed by atoms with Gasteiger partial charge in [0, 0.05) is 22.8 Å². The first kappa shape index (κ1) is 23.2. The maximum atomic E-state index is 11.3. The molecular weight excluding hydrogens is 376 g/mol. The van der Waals surface area contributed by atoms with Crippen molar-refractivity contribution in [1.82, 2.24) is 0 Å². The highest BCUT2D eigenvalue weighted by atomic mass is 15.2. The smallest absolute Gasteiger partial charge is 0.210 e. The van der Waals surface area contributed by atoms with Crippen LogP contribution in [-0.4, -0.2) is 4.70 Å². The molecule has 0 bridgehead atoms. The second kappa shape index (κ2) is 11.8. The van der Waals surface area contributed by atoms with Crippen molar-refractivity contribution in [3.05, 3.63) is 88.0 Å². The van der Waals surface area contributed by atoms with Gasteiger partial charge in [-0.05, 0) is 73.9 Å². The maximum Gasteiger partial charge on any atom is 0.210 e. The van der Waals surface area contributed by atoms with Crippen molar-refractivity contribution < 1.29 is 4.70 Å². The van der Waals surface area contributed by atoms with Crippen LogP contribution in [0.25, 0.3) is 16.9 Å². The first-order chi connectivity index (χ1) is 15.2. The normalized spacial score (nSPS) is 13.8. The van der Waals surface area contributed by atoms with Gasteiger partial charge >= 0.3 is 0 Å². The Kier molecular flexibility index (Phi) is 8.82. The van der Waals surface area contributed by atoms with Crippen LogP contribution in [0, 0.1) is 0 Å². The minimum Gasteiger partial charge on any atom is -0.493 e. The highest BCUT2D eigenvalue weighted by Crippen LogP contribution is 2.37. The Bertz CT molecular complexity index is 949. The average Bonchev–Trinajstić information content (AvgIpc) is 3.13. The van der Waals surface area contributed by atoms with Crippen molar-refractivity contribution in [3.8, 4) is 0 Å². The first-order valence-corrected chi connectivity index (χ1v) is 12.3. The lowest BCUT2D eigenvalue weighted by molar-refractivity contribution is -0.344. The van der Waals surface area contributed by atoms with Gasteiger partial charge in [-0.15, -0.1) is 0 Å². The predicted molar refractivity (Wildman–Crippen MR) is 133 cm³/mol. The van der Waals surface area contributed by atoms with E-state index < -0.39 is 0 Å². The topological polar surface area (TPSA) is 25.3 Å². The number of unbranched alkanes of at least 4 members (excludes halogenated alkanes) is 4. The Morgan fingerprint density at radius 3 is 1.94 bits per heavy atom. The molecule has 0 N–H and O–H groups in total. The van der Waals surface area contributed by atoms with E-state index in [0.717, 1.165) is 54.6 Å². The van der Waals surface area contributed by atoms with Gasteiger partial charge in [0.05, 0.1) is 0 Å². The summed E-state index contributed by atoms with van der Waals surface area (Å²) in [6.45, 7) is 6.70. The third kappa shape index (κ3) is 6.03. The molecule has 0 aromatic heterocycles. The minimum atomic E-state index is 0.900. The van der Waals surface area contributed by atoms with E-state index in [1.165, 1.54) is 53.5 Å². The van der Waals surface area contributed by atoms with Crippen molar-refractivity contribution >= 4 is 11.4 Å². The fourth-order valence-corrected chi connectivity index (χ4v) is 4.34. The summed E-state index contributed by atoms with van der Waals surface area (Å²) in [4.78, 5) is 0. The number of rotatable bonds is 12. The monoisotopic (exact) mass is 414 g/mol. The molecule has 2 heteroatoms. The molecule has 1 heterocycles. The fraction of sp³-hybridized carbons (Fsp3) is 0.448. The van der Waals surface area contributed by atoms with Gasteiger partial charge < -0.3 is 5.53 Å². The molecular formula is C29H38N2. The highest BCUT2D eigenvalue weighted by molar-refractivity contribution is 5.78. The second-order valence-electron chi connectivity index (χ2n) is 8.78. The van der Waals surface area contributed by atoms with E-state index in [1.807, 2.05) is 0 Å². The van der Waals surface area contributed by atoms with E-state index in [-0.39, 0.29) is 0 Å². The number of aryl methyl sites for hydroxylation is 2. The van der Waals surface area contributed by atoms with Gasteiger partial charge in [-0.1, -0.05) is 70.7 Å². The summed E-state index contributed by atoms with van der Waals surface area (Å²) in [5.74, 6) is 0. The molecule has 0 radical (unpaired) electrons. The molecule has 2 aromatic carbocycles.